The summed E-state index contributed by atoms with van der Waals surface area (Å²) in [5.74, 6) is 0.511. The smallest absolute Gasteiger partial charge is 0.249 e. The molecule has 0 radical (unpaired) electrons. The van der Waals surface area contributed by atoms with E-state index < -0.39 is 0 Å². The number of hydrogen-bond acceptors (Lipinski definition) is 3. The first-order valence-electron chi connectivity index (χ1n) is 7.52. The van der Waals surface area contributed by atoms with Gasteiger partial charge >= 0.3 is 0 Å². The summed E-state index contributed by atoms with van der Waals surface area (Å²) in [6, 6.07) is 5.66. The van der Waals surface area contributed by atoms with Crippen molar-refractivity contribution in [1.82, 2.24) is 5.32 Å². The Labute approximate surface area is 121 Å². The molecule has 0 saturated carbocycles. The van der Waals surface area contributed by atoms with Gasteiger partial charge in [-0.3, -0.25) is 4.79 Å². The molecule has 1 heterocycles. The molecule has 1 aliphatic rings. The van der Waals surface area contributed by atoms with Crippen molar-refractivity contribution < 1.29 is 4.79 Å². The highest BCUT2D eigenvalue weighted by molar-refractivity contribution is 5.95. The largest absolute Gasteiger partial charge is 0.385 e. The van der Waals surface area contributed by atoms with Crippen LogP contribution in [0.3, 0.4) is 0 Å². The molecule has 110 valence electrons. The van der Waals surface area contributed by atoms with Crippen molar-refractivity contribution in [3.05, 3.63) is 29.3 Å². The lowest BCUT2D eigenvalue weighted by Gasteiger charge is -2.22. The van der Waals surface area contributed by atoms with E-state index in [1.54, 1.807) is 6.07 Å². The highest BCUT2D eigenvalue weighted by Gasteiger charge is 2.12. The first kappa shape index (κ1) is 14.9. The van der Waals surface area contributed by atoms with Crippen LogP contribution in [0, 0.1) is 12.8 Å². The molecule has 0 spiro atoms. The summed E-state index contributed by atoms with van der Waals surface area (Å²) in [6.45, 7) is 5.22. The number of nitrogens with two attached hydrogens (primary N) is 1. The van der Waals surface area contributed by atoms with Crippen LogP contribution in [0.2, 0.25) is 0 Å². The fourth-order valence-corrected chi connectivity index (χ4v) is 2.88. The Kier molecular flexibility index (Phi) is 5.41. The zero-order valence-electron chi connectivity index (χ0n) is 12.2. The highest BCUT2D eigenvalue weighted by Crippen LogP contribution is 2.20. The van der Waals surface area contributed by atoms with Crippen molar-refractivity contribution in [2.75, 3.05) is 25.0 Å². The topological polar surface area (TPSA) is 67.2 Å². The third-order valence-corrected chi connectivity index (χ3v) is 4.16. The fraction of sp³-hybridized carbons (Fsp3) is 0.562. The van der Waals surface area contributed by atoms with Crippen LogP contribution in [-0.2, 0) is 0 Å². The number of carbonyl (C=O) groups excluding carboxylic acids is 1. The molecular weight excluding hydrogens is 250 g/mol. The second kappa shape index (κ2) is 7.29. The number of hydrogen-bond donors (Lipinski definition) is 3. The normalized spacial score (nSPS) is 16.1. The molecule has 4 heteroatoms. The molecule has 0 unspecified atom stereocenters. The number of primary amides is 1. The van der Waals surface area contributed by atoms with E-state index in [1.807, 2.05) is 19.1 Å². The number of nitrogens with one attached hydrogen (secondary N) is 2. The Morgan fingerprint density at radius 2 is 2.15 bits per heavy atom. The first-order valence-corrected chi connectivity index (χ1v) is 7.52. The summed E-state index contributed by atoms with van der Waals surface area (Å²) in [6.07, 6.45) is 5.06. The van der Waals surface area contributed by atoms with Crippen molar-refractivity contribution in [3.63, 3.8) is 0 Å². The standard InChI is InChI=1S/C16H25N3O/c1-12-14(16(17)20)5-2-6-15(12)19-9-3-4-13-7-10-18-11-8-13/h2,5-6,13,18-19H,3-4,7-11H2,1H3,(H2,17,20). The van der Waals surface area contributed by atoms with Crippen LogP contribution in [0.5, 0.6) is 0 Å². The second-order valence-corrected chi connectivity index (χ2v) is 5.60. The SMILES string of the molecule is Cc1c(NCCCC2CCNCC2)cccc1C(N)=O. The Balaban J connectivity index is 1.79. The lowest BCUT2D eigenvalue weighted by Crippen LogP contribution is -2.27. The van der Waals surface area contributed by atoms with Crippen LogP contribution >= 0.6 is 0 Å². The molecule has 0 atom stereocenters. The number of carbonyl (C=O) groups is 1. The van der Waals surface area contributed by atoms with Gasteiger partial charge < -0.3 is 16.4 Å². The van der Waals surface area contributed by atoms with E-state index in [9.17, 15) is 4.79 Å². The van der Waals surface area contributed by atoms with Gasteiger partial charge in [0.2, 0.25) is 5.91 Å². The Morgan fingerprint density at radius 1 is 1.40 bits per heavy atom. The number of anilines is 1. The van der Waals surface area contributed by atoms with Crippen LogP contribution in [0.15, 0.2) is 18.2 Å². The number of amides is 1. The molecule has 1 saturated heterocycles. The molecule has 0 bridgehead atoms. The quantitative estimate of drug-likeness (QED) is 0.698. The maximum atomic E-state index is 11.3. The molecule has 0 aromatic heterocycles. The molecule has 4 nitrogen and oxygen atoms in total. The average Bonchev–Trinajstić information content (AvgIpc) is 2.46. The van der Waals surface area contributed by atoms with Crippen LogP contribution in [0.4, 0.5) is 5.69 Å². The van der Waals surface area contributed by atoms with Crippen LogP contribution in [0.1, 0.15) is 41.6 Å². The Bertz CT molecular complexity index is 453. The lowest BCUT2D eigenvalue weighted by atomic mass is 9.93. The molecule has 0 aliphatic carbocycles. The van der Waals surface area contributed by atoms with Gasteiger partial charge in [-0.1, -0.05) is 6.07 Å². The van der Waals surface area contributed by atoms with Gasteiger partial charge in [0.05, 0.1) is 0 Å². The average molecular weight is 275 g/mol. The second-order valence-electron chi connectivity index (χ2n) is 5.60. The van der Waals surface area contributed by atoms with E-state index in [1.165, 1.54) is 25.7 Å². The summed E-state index contributed by atoms with van der Waals surface area (Å²) in [5.41, 5.74) is 7.93. The van der Waals surface area contributed by atoms with Gasteiger partial charge in [0.25, 0.3) is 0 Å². The van der Waals surface area contributed by atoms with Crippen LogP contribution < -0.4 is 16.4 Å². The summed E-state index contributed by atoms with van der Waals surface area (Å²) >= 11 is 0. The molecule has 2 rings (SSSR count). The maximum absolute atomic E-state index is 11.3. The van der Waals surface area contributed by atoms with Crippen molar-refractivity contribution in [1.29, 1.82) is 0 Å². The molecule has 1 aromatic carbocycles. The van der Waals surface area contributed by atoms with Gasteiger partial charge in [0, 0.05) is 17.8 Å². The van der Waals surface area contributed by atoms with Gasteiger partial charge in [-0.15, -0.1) is 0 Å². The third-order valence-electron chi connectivity index (χ3n) is 4.16. The first-order chi connectivity index (χ1) is 9.68. The van der Waals surface area contributed by atoms with Crippen LogP contribution in [0.25, 0.3) is 0 Å². The minimum Gasteiger partial charge on any atom is -0.385 e. The van der Waals surface area contributed by atoms with E-state index in [0.29, 0.717) is 5.56 Å². The molecule has 1 aliphatic heterocycles. The van der Waals surface area contributed by atoms with Gasteiger partial charge in [0.1, 0.15) is 0 Å². The Hall–Kier alpha value is -1.55. The van der Waals surface area contributed by atoms with Crippen molar-refractivity contribution in [2.45, 2.75) is 32.6 Å². The third kappa shape index (κ3) is 3.97. The van der Waals surface area contributed by atoms with Crippen molar-refractivity contribution in [2.24, 2.45) is 11.7 Å². The zero-order chi connectivity index (χ0) is 14.4. The number of rotatable bonds is 6. The van der Waals surface area contributed by atoms with Gasteiger partial charge in [-0.05, 0) is 69.3 Å². The minimum atomic E-state index is -0.360. The summed E-state index contributed by atoms with van der Waals surface area (Å²) in [5, 5.41) is 6.82. The molecule has 4 N–H and O–H groups in total. The van der Waals surface area contributed by atoms with Gasteiger partial charge in [-0.25, -0.2) is 0 Å². The number of benzene rings is 1. The molecule has 20 heavy (non-hydrogen) atoms. The minimum absolute atomic E-state index is 0.360. The number of piperidine rings is 1. The van der Waals surface area contributed by atoms with E-state index >= 15 is 0 Å². The van der Waals surface area contributed by atoms with E-state index in [2.05, 4.69) is 10.6 Å². The van der Waals surface area contributed by atoms with E-state index in [4.69, 9.17) is 5.73 Å². The Morgan fingerprint density at radius 3 is 2.85 bits per heavy atom. The summed E-state index contributed by atoms with van der Waals surface area (Å²) in [7, 11) is 0. The molecule has 1 aromatic rings. The van der Waals surface area contributed by atoms with Gasteiger partial charge in [0.15, 0.2) is 0 Å². The predicted molar refractivity (Wildman–Crippen MR) is 83.0 cm³/mol. The van der Waals surface area contributed by atoms with E-state index in [0.717, 1.165) is 36.8 Å². The highest BCUT2D eigenvalue weighted by atomic mass is 16.1. The predicted octanol–water partition coefficient (Wildman–Crippen LogP) is 2.29. The lowest BCUT2D eigenvalue weighted by molar-refractivity contribution is 0.1000. The van der Waals surface area contributed by atoms with Crippen LogP contribution in [-0.4, -0.2) is 25.5 Å². The zero-order valence-corrected chi connectivity index (χ0v) is 12.2. The monoisotopic (exact) mass is 275 g/mol. The van der Waals surface area contributed by atoms with Crippen molar-refractivity contribution in [3.8, 4) is 0 Å². The summed E-state index contributed by atoms with van der Waals surface area (Å²) in [4.78, 5) is 11.3. The molecule has 1 amide bonds. The van der Waals surface area contributed by atoms with E-state index in [-0.39, 0.29) is 5.91 Å². The molecular formula is C16H25N3O. The fourth-order valence-electron chi connectivity index (χ4n) is 2.88. The maximum Gasteiger partial charge on any atom is 0.249 e. The van der Waals surface area contributed by atoms with Gasteiger partial charge in [-0.2, -0.15) is 0 Å². The molecule has 1 fully saturated rings. The van der Waals surface area contributed by atoms with Crippen molar-refractivity contribution >= 4 is 11.6 Å². The summed E-state index contributed by atoms with van der Waals surface area (Å²) < 4.78 is 0.